The van der Waals surface area contributed by atoms with Gasteiger partial charge in [0.15, 0.2) is 5.65 Å². The Labute approximate surface area is 76.4 Å². The van der Waals surface area contributed by atoms with Crippen LogP contribution in [0.15, 0.2) is 18.3 Å². The molecule has 0 unspecified atom stereocenters. The number of nitrogen functional groups attached to an aromatic ring is 1. The second-order valence-electron chi connectivity index (χ2n) is 3.02. The van der Waals surface area contributed by atoms with Crippen LogP contribution in [0.1, 0.15) is 13.3 Å². The second-order valence-corrected chi connectivity index (χ2v) is 3.02. The van der Waals surface area contributed by atoms with Crippen LogP contribution in [0.25, 0.3) is 11.0 Å². The van der Waals surface area contributed by atoms with Gasteiger partial charge in [0.25, 0.3) is 0 Å². The van der Waals surface area contributed by atoms with Crippen LogP contribution >= 0.6 is 0 Å². The van der Waals surface area contributed by atoms with E-state index in [2.05, 4.69) is 17.0 Å². The molecule has 0 aliphatic rings. The van der Waals surface area contributed by atoms with Crippen molar-refractivity contribution in [1.29, 1.82) is 0 Å². The lowest BCUT2D eigenvalue weighted by Crippen LogP contribution is -2.00. The summed E-state index contributed by atoms with van der Waals surface area (Å²) >= 11 is 0. The van der Waals surface area contributed by atoms with Gasteiger partial charge in [-0.15, -0.1) is 0 Å². The number of hydrogen-bond donors (Lipinski definition) is 1. The number of anilines is 1. The summed E-state index contributed by atoms with van der Waals surface area (Å²) in [5.74, 6) is 0.547. The van der Waals surface area contributed by atoms with E-state index in [4.69, 9.17) is 5.73 Å². The maximum atomic E-state index is 5.60. The fraction of sp³-hybridized carbons (Fsp3) is 0.333. The third-order valence-corrected chi connectivity index (χ3v) is 1.94. The number of aromatic nitrogens is 3. The zero-order valence-electron chi connectivity index (χ0n) is 7.57. The fourth-order valence-corrected chi connectivity index (χ4v) is 1.34. The molecule has 0 saturated heterocycles. The van der Waals surface area contributed by atoms with E-state index in [1.807, 2.05) is 16.9 Å². The minimum absolute atomic E-state index is 0.547. The van der Waals surface area contributed by atoms with E-state index in [0.29, 0.717) is 5.82 Å². The van der Waals surface area contributed by atoms with Crippen molar-refractivity contribution in [3.8, 4) is 0 Å². The highest BCUT2D eigenvalue weighted by molar-refractivity contribution is 5.76. The number of fused-ring (bicyclic) bond motifs is 1. The van der Waals surface area contributed by atoms with Gasteiger partial charge in [-0.25, -0.2) is 9.67 Å². The number of rotatable bonds is 2. The van der Waals surface area contributed by atoms with E-state index in [9.17, 15) is 0 Å². The topological polar surface area (TPSA) is 56.7 Å². The Kier molecular flexibility index (Phi) is 1.88. The Hall–Kier alpha value is -1.58. The monoisotopic (exact) mass is 176 g/mol. The van der Waals surface area contributed by atoms with Crippen molar-refractivity contribution in [2.75, 3.05) is 5.73 Å². The van der Waals surface area contributed by atoms with Crippen molar-refractivity contribution < 1.29 is 0 Å². The molecule has 2 rings (SSSR count). The molecule has 0 amide bonds. The quantitative estimate of drug-likeness (QED) is 0.752. The van der Waals surface area contributed by atoms with E-state index in [1.165, 1.54) is 0 Å². The van der Waals surface area contributed by atoms with E-state index in [-0.39, 0.29) is 0 Å². The van der Waals surface area contributed by atoms with Crippen molar-refractivity contribution in [1.82, 2.24) is 14.8 Å². The Morgan fingerprint density at radius 2 is 2.31 bits per heavy atom. The van der Waals surface area contributed by atoms with Gasteiger partial charge in [-0.05, 0) is 18.6 Å². The molecule has 0 radical (unpaired) electrons. The van der Waals surface area contributed by atoms with Crippen molar-refractivity contribution in [3.05, 3.63) is 18.3 Å². The summed E-state index contributed by atoms with van der Waals surface area (Å²) in [4.78, 5) is 4.23. The summed E-state index contributed by atoms with van der Waals surface area (Å²) in [6, 6.07) is 3.73. The maximum Gasteiger partial charge on any atom is 0.160 e. The van der Waals surface area contributed by atoms with Crippen LogP contribution in [0, 0.1) is 0 Å². The van der Waals surface area contributed by atoms with Crippen LogP contribution in [0.4, 0.5) is 5.82 Å². The molecule has 4 nitrogen and oxygen atoms in total. The van der Waals surface area contributed by atoms with Crippen molar-refractivity contribution in [2.45, 2.75) is 19.9 Å². The Morgan fingerprint density at radius 3 is 3.08 bits per heavy atom. The number of nitrogens with two attached hydrogens (primary N) is 1. The van der Waals surface area contributed by atoms with Crippen molar-refractivity contribution in [2.24, 2.45) is 0 Å². The highest BCUT2D eigenvalue weighted by Crippen LogP contribution is 2.12. The molecule has 0 aliphatic carbocycles. The molecule has 0 bridgehead atoms. The normalized spacial score (nSPS) is 10.8. The highest BCUT2D eigenvalue weighted by Gasteiger charge is 2.02. The van der Waals surface area contributed by atoms with E-state index >= 15 is 0 Å². The molecule has 2 aromatic heterocycles. The molecule has 0 atom stereocenters. The SMILES string of the molecule is CCCn1ncc2ccc(N)nc21. The Balaban J connectivity index is 2.58. The number of pyridine rings is 1. The molecule has 68 valence electrons. The predicted octanol–water partition coefficient (Wildman–Crippen LogP) is 1.42. The zero-order valence-corrected chi connectivity index (χ0v) is 7.57. The molecule has 0 fully saturated rings. The summed E-state index contributed by atoms with van der Waals surface area (Å²) in [6.45, 7) is 3.00. The van der Waals surface area contributed by atoms with E-state index < -0.39 is 0 Å². The number of hydrogen-bond acceptors (Lipinski definition) is 3. The van der Waals surface area contributed by atoms with Gasteiger partial charge in [0.05, 0.1) is 6.20 Å². The van der Waals surface area contributed by atoms with Crippen LogP contribution in [-0.2, 0) is 6.54 Å². The van der Waals surface area contributed by atoms with Gasteiger partial charge in [-0.1, -0.05) is 6.92 Å². The molecule has 2 heterocycles. The lowest BCUT2D eigenvalue weighted by atomic mass is 10.3. The average Bonchev–Trinajstić information content (AvgIpc) is 2.49. The van der Waals surface area contributed by atoms with Crippen LogP contribution in [0.5, 0.6) is 0 Å². The maximum absolute atomic E-state index is 5.60. The summed E-state index contributed by atoms with van der Waals surface area (Å²) in [5.41, 5.74) is 6.47. The highest BCUT2D eigenvalue weighted by atomic mass is 15.3. The second kappa shape index (κ2) is 3.05. The summed E-state index contributed by atoms with van der Waals surface area (Å²) in [7, 11) is 0. The molecular formula is C9H12N4. The van der Waals surface area contributed by atoms with Gasteiger partial charge in [-0.3, -0.25) is 0 Å². The summed E-state index contributed by atoms with van der Waals surface area (Å²) < 4.78 is 1.88. The van der Waals surface area contributed by atoms with Gasteiger partial charge < -0.3 is 5.73 Å². The van der Waals surface area contributed by atoms with Gasteiger partial charge in [-0.2, -0.15) is 5.10 Å². The molecule has 0 spiro atoms. The van der Waals surface area contributed by atoms with Crippen LogP contribution in [0.3, 0.4) is 0 Å². The molecule has 13 heavy (non-hydrogen) atoms. The van der Waals surface area contributed by atoms with Gasteiger partial charge in [0.2, 0.25) is 0 Å². The molecule has 0 saturated carbocycles. The zero-order chi connectivity index (χ0) is 9.26. The third-order valence-electron chi connectivity index (χ3n) is 1.94. The Morgan fingerprint density at radius 1 is 1.46 bits per heavy atom. The van der Waals surface area contributed by atoms with Crippen LogP contribution in [0.2, 0.25) is 0 Å². The van der Waals surface area contributed by atoms with E-state index in [0.717, 1.165) is 24.0 Å². The lowest BCUT2D eigenvalue weighted by molar-refractivity contribution is 0.617. The molecule has 2 N–H and O–H groups in total. The smallest absolute Gasteiger partial charge is 0.160 e. The first kappa shape index (κ1) is 8.04. The largest absolute Gasteiger partial charge is 0.384 e. The van der Waals surface area contributed by atoms with E-state index in [1.54, 1.807) is 6.07 Å². The average molecular weight is 176 g/mol. The minimum Gasteiger partial charge on any atom is -0.384 e. The predicted molar refractivity (Wildman–Crippen MR) is 52.2 cm³/mol. The van der Waals surface area contributed by atoms with Crippen molar-refractivity contribution in [3.63, 3.8) is 0 Å². The van der Waals surface area contributed by atoms with Crippen molar-refractivity contribution >= 4 is 16.9 Å². The van der Waals surface area contributed by atoms with Crippen LogP contribution < -0.4 is 5.73 Å². The Bertz CT molecular complexity index is 418. The standard InChI is InChI=1S/C9H12N4/c1-2-5-13-9-7(6-11-13)3-4-8(10)12-9/h3-4,6H,2,5H2,1H3,(H2,10,12). The van der Waals surface area contributed by atoms with Gasteiger partial charge in [0, 0.05) is 11.9 Å². The molecule has 2 aromatic rings. The fourth-order valence-electron chi connectivity index (χ4n) is 1.34. The van der Waals surface area contributed by atoms with Gasteiger partial charge in [0.1, 0.15) is 5.82 Å². The first-order chi connectivity index (χ1) is 6.31. The first-order valence-electron chi connectivity index (χ1n) is 4.39. The lowest BCUT2D eigenvalue weighted by Gasteiger charge is -1.99. The summed E-state index contributed by atoms with van der Waals surface area (Å²) in [6.07, 6.45) is 2.87. The minimum atomic E-state index is 0.547. The van der Waals surface area contributed by atoms with Gasteiger partial charge >= 0.3 is 0 Å². The number of aryl methyl sites for hydroxylation is 1. The first-order valence-corrected chi connectivity index (χ1v) is 4.39. The molecule has 0 aliphatic heterocycles. The molecular weight excluding hydrogens is 164 g/mol. The molecule has 0 aromatic carbocycles. The summed E-state index contributed by atoms with van der Waals surface area (Å²) in [5, 5.41) is 5.27. The van der Waals surface area contributed by atoms with Crippen LogP contribution in [-0.4, -0.2) is 14.8 Å². The molecule has 4 heteroatoms. The number of nitrogens with zero attached hydrogens (tertiary/aromatic N) is 3. The third kappa shape index (κ3) is 1.35.